The molecule has 0 amide bonds. The summed E-state index contributed by atoms with van der Waals surface area (Å²) >= 11 is 0. The Morgan fingerprint density at radius 3 is 2.46 bits per heavy atom. The number of hydrogen-bond acceptors (Lipinski definition) is 4. The number of benzene rings is 2. The largest absolute Gasteiger partial charge is 0.490 e. The van der Waals surface area contributed by atoms with Crippen molar-refractivity contribution < 1.29 is 4.74 Å². The lowest BCUT2D eigenvalue weighted by Crippen LogP contribution is -2.39. The number of piperidine rings is 1. The van der Waals surface area contributed by atoms with Gasteiger partial charge in [-0.15, -0.1) is 0 Å². The zero-order valence-electron chi connectivity index (χ0n) is 16.8. The predicted octanol–water partition coefficient (Wildman–Crippen LogP) is 4.98. The number of nitrogens with two attached hydrogens (primary N) is 1. The minimum absolute atomic E-state index is 0.281. The molecule has 0 spiro atoms. The Balaban J connectivity index is 1.57. The molecule has 4 nitrogen and oxygen atoms in total. The molecular weight excluding hydrogens is 346 g/mol. The van der Waals surface area contributed by atoms with Crippen molar-refractivity contribution in [2.24, 2.45) is 5.92 Å². The smallest absolute Gasteiger partial charge is 0.127 e. The van der Waals surface area contributed by atoms with E-state index in [-0.39, 0.29) is 6.10 Å². The molecular formula is C24H29N3O. The molecule has 4 heteroatoms. The minimum atomic E-state index is 0.281. The van der Waals surface area contributed by atoms with E-state index < -0.39 is 0 Å². The maximum atomic E-state index is 6.46. The van der Waals surface area contributed by atoms with E-state index in [9.17, 15) is 0 Å². The van der Waals surface area contributed by atoms with Gasteiger partial charge in [-0.3, -0.25) is 0 Å². The Bertz CT molecular complexity index is 945. The van der Waals surface area contributed by atoms with Crippen LogP contribution in [0.3, 0.4) is 0 Å². The molecule has 3 aromatic rings. The summed E-state index contributed by atoms with van der Waals surface area (Å²) in [6.07, 6.45) is 2.45. The summed E-state index contributed by atoms with van der Waals surface area (Å²) in [7, 11) is 0. The van der Waals surface area contributed by atoms with Gasteiger partial charge in [-0.05, 0) is 48.4 Å². The lowest BCUT2D eigenvalue weighted by molar-refractivity contribution is 0.0952. The number of hydrogen-bond donors (Lipinski definition) is 1. The van der Waals surface area contributed by atoms with Crippen LogP contribution in [0.5, 0.6) is 5.75 Å². The highest BCUT2D eigenvalue weighted by Crippen LogP contribution is 2.35. The van der Waals surface area contributed by atoms with E-state index in [0.717, 1.165) is 59.6 Å². The van der Waals surface area contributed by atoms with Crippen molar-refractivity contribution in [3.63, 3.8) is 0 Å². The molecule has 1 aliphatic rings. The highest BCUT2D eigenvalue weighted by atomic mass is 16.5. The average molecular weight is 376 g/mol. The van der Waals surface area contributed by atoms with Crippen LogP contribution in [0.15, 0.2) is 54.6 Å². The lowest BCUT2D eigenvalue weighted by Gasteiger charge is -2.33. The van der Waals surface area contributed by atoms with Gasteiger partial charge in [-0.1, -0.05) is 44.2 Å². The number of nitrogens with zero attached hydrogens (tertiary/aromatic N) is 2. The molecule has 0 unspecified atom stereocenters. The first-order valence-electron chi connectivity index (χ1n) is 10.2. The molecule has 2 aromatic carbocycles. The molecule has 1 fully saturated rings. The maximum Gasteiger partial charge on any atom is 0.127 e. The molecule has 4 rings (SSSR count). The monoisotopic (exact) mass is 375 g/mol. The Labute approximate surface area is 167 Å². The zero-order valence-corrected chi connectivity index (χ0v) is 16.8. The van der Waals surface area contributed by atoms with Gasteiger partial charge in [-0.25, -0.2) is 4.98 Å². The van der Waals surface area contributed by atoms with Crippen molar-refractivity contribution in [2.45, 2.75) is 32.8 Å². The van der Waals surface area contributed by atoms with Crippen molar-refractivity contribution in [2.75, 3.05) is 25.4 Å². The summed E-state index contributed by atoms with van der Waals surface area (Å²) in [5.74, 6) is 2.22. The van der Waals surface area contributed by atoms with Crippen LogP contribution in [0, 0.1) is 5.92 Å². The Kier molecular flexibility index (Phi) is 5.49. The van der Waals surface area contributed by atoms with E-state index >= 15 is 0 Å². The number of pyridine rings is 1. The molecule has 0 saturated carbocycles. The van der Waals surface area contributed by atoms with Crippen LogP contribution in [0.2, 0.25) is 0 Å². The second-order valence-corrected chi connectivity index (χ2v) is 8.12. The molecule has 0 radical (unpaired) electrons. The van der Waals surface area contributed by atoms with E-state index in [4.69, 9.17) is 10.5 Å². The summed E-state index contributed by atoms with van der Waals surface area (Å²) in [5.41, 5.74) is 7.87. The van der Waals surface area contributed by atoms with Crippen molar-refractivity contribution in [1.29, 1.82) is 0 Å². The third-order valence-corrected chi connectivity index (χ3v) is 5.38. The molecule has 1 aromatic heterocycles. The van der Waals surface area contributed by atoms with Crippen LogP contribution in [0.1, 0.15) is 26.7 Å². The number of rotatable bonds is 5. The number of fused-ring (bicyclic) bond motifs is 1. The first-order chi connectivity index (χ1) is 13.6. The standard InChI is InChI=1S/C24H29N3O/c1-17(2)16-27-14-12-18(13-15-27)28-23-11-10-20(19-6-3-4-7-21(19)23)22-8-5-9-24(25)26-22/h3-11,17-18H,12-16H2,1-2H3,(H2,25,26). The van der Waals surface area contributed by atoms with Crippen LogP contribution in [-0.2, 0) is 0 Å². The van der Waals surface area contributed by atoms with Crippen molar-refractivity contribution in [3.05, 3.63) is 54.6 Å². The lowest BCUT2D eigenvalue weighted by atomic mass is 10.0. The molecule has 0 atom stereocenters. The van der Waals surface area contributed by atoms with Gasteiger partial charge in [0, 0.05) is 30.6 Å². The molecule has 146 valence electrons. The Morgan fingerprint density at radius 2 is 1.75 bits per heavy atom. The number of aromatic nitrogens is 1. The molecule has 28 heavy (non-hydrogen) atoms. The highest BCUT2D eigenvalue weighted by molar-refractivity contribution is 5.99. The van der Waals surface area contributed by atoms with Gasteiger partial charge in [-0.2, -0.15) is 0 Å². The summed E-state index contributed by atoms with van der Waals surface area (Å²) in [4.78, 5) is 7.06. The highest BCUT2D eigenvalue weighted by Gasteiger charge is 2.22. The second kappa shape index (κ2) is 8.19. The van der Waals surface area contributed by atoms with Crippen LogP contribution in [0.25, 0.3) is 22.0 Å². The summed E-state index contributed by atoms with van der Waals surface area (Å²) in [6, 6.07) is 18.3. The average Bonchev–Trinajstić information content (AvgIpc) is 2.69. The first kappa shape index (κ1) is 18.8. The van der Waals surface area contributed by atoms with Crippen LogP contribution >= 0.6 is 0 Å². The van der Waals surface area contributed by atoms with Gasteiger partial charge in [0.1, 0.15) is 17.7 Å². The minimum Gasteiger partial charge on any atom is -0.490 e. The summed E-state index contributed by atoms with van der Waals surface area (Å²) in [5, 5.41) is 2.28. The van der Waals surface area contributed by atoms with Gasteiger partial charge in [0.15, 0.2) is 0 Å². The van der Waals surface area contributed by atoms with Crippen LogP contribution in [0.4, 0.5) is 5.82 Å². The fourth-order valence-corrected chi connectivity index (χ4v) is 4.10. The zero-order chi connectivity index (χ0) is 19.5. The molecule has 2 heterocycles. The first-order valence-corrected chi connectivity index (χ1v) is 10.2. The van der Waals surface area contributed by atoms with E-state index in [1.165, 1.54) is 6.54 Å². The third-order valence-electron chi connectivity index (χ3n) is 5.38. The fraction of sp³-hybridized carbons (Fsp3) is 0.375. The second-order valence-electron chi connectivity index (χ2n) is 8.12. The molecule has 1 aliphatic heterocycles. The van der Waals surface area contributed by atoms with E-state index in [2.05, 4.69) is 60.1 Å². The summed E-state index contributed by atoms with van der Waals surface area (Å²) in [6.45, 7) is 7.98. The van der Waals surface area contributed by atoms with Crippen LogP contribution < -0.4 is 10.5 Å². The van der Waals surface area contributed by atoms with Gasteiger partial charge >= 0.3 is 0 Å². The maximum absolute atomic E-state index is 6.46. The van der Waals surface area contributed by atoms with E-state index in [0.29, 0.717) is 5.82 Å². The third kappa shape index (κ3) is 4.12. The molecule has 2 N–H and O–H groups in total. The normalized spacial score (nSPS) is 16.0. The van der Waals surface area contributed by atoms with Crippen LogP contribution in [-0.4, -0.2) is 35.6 Å². The Morgan fingerprint density at radius 1 is 1.00 bits per heavy atom. The fourth-order valence-electron chi connectivity index (χ4n) is 4.10. The van der Waals surface area contributed by atoms with Gasteiger partial charge in [0.2, 0.25) is 0 Å². The van der Waals surface area contributed by atoms with Gasteiger partial charge < -0.3 is 15.4 Å². The van der Waals surface area contributed by atoms with Gasteiger partial charge in [0.25, 0.3) is 0 Å². The van der Waals surface area contributed by atoms with E-state index in [1.807, 2.05) is 18.2 Å². The number of ether oxygens (including phenoxy) is 1. The summed E-state index contributed by atoms with van der Waals surface area (Å²) < 4.78 is 6.46. The molecule has 0 aliphatic carbocycles. The molecule has 1 saturated heterocycles. The van der Waals surface area contributed by atoms with E-state index in [1.54, 1.807) is 0 Å². The van der Waals surface area contributed by atoms with Crippen molar-refractivity contribution in [3.8, 4) is 17.0 Å². The topological polar surface area (TPSA) is 51.4 Å². The number of nitrogen functional groups attached to an aromatic ring is 1. The van der Waals surface area contributed by atoms with Crippen molar-refractivity contribution >= 4 is 16.6 Å². The number of anilines is 1. The Hall–Kier alpha value is -2.59. The molecule has 0 bridgehead atoms. The number of likely N-dealkylation sites (tertiary alicyclic amines) is 1. The van der Waals surface area contributed by atoms with Crippen molar-refractivity contribution in [1.82, 2.24) is 9.88 Å². The SMILES string of the molecule is CC(C)CN1CCC(Oc2ccc(-c3cccc(N)n3)c3ccccc23)CC1. The quantitative estimate of drug-likeness (QED) is 0.683. The van der Waals surface area contributed by atoms with Gasteiger partial charge in [0.05, 0.1) is 5.69 Å². The predicted molar refractivity (Wildman–Crippen MR) is 117 cm³/mol.